The van der Waals surface area contributed by atoms with E-state index in [-0.39, 0.29) is 5.75 Å². The lowest BCUT2D eigenvalue weighted by Gasteiger charge is -2.11. The van der Waals surface area contributed by atoms with E-state index in [1.165, 1.54) is 12.1 Å². The summed E-state index contributed by atoms with van der Waals surface area (Å²) in [6, 6.07) is 13.4. The van der Waals surface area contributed by atoms with E-state index in [0.29, 0.717) is 5.69 Å². The summed E-state index contributed by atoms with van der Waals surface area (Å²) in [5.74, 6) is 1.37. The Bertz CT molecular complexity index is 980. The summed E-state index contributed by atoms with van der Waals surface area (Å²) < 4.78 is 48.2. The molecule has 0 saturated carbocycles. The largest absolute Gasteiger partial charge is 0.573 e. The minimum absolute atomic E-state index is 0.261. The first kappa shape index (κ1) is 19.2. The van der Waals surface area contributed by atoms with Crippen molar-refractivity contribution >= 4 is 5.82 Å². The van der Waals surface area contributed by atoms with Gasteiger partial charge in [-0.3, -0.25) is 0 Å². The van der Waals surface area contributed by atoms with Crippen molar-refractivity contribution in [2.75, 3.05) is 19.0 Å². The number of nitrogens with one attached hydrogen (secondary N) is 1. The minimum Gasteiger partial charge on any atom is -0.497 e. The molecule has 0 bridgehead atoms. The summed E-state index contributed by atoms with van der Waals surface area (Å²) in [5, 5.41) is 8.21. The molecule has 29 heavy (non-hydrogen) atoms. The van der Waals surface area contributed by atoms with Crippen molar-refractivity contribution in [1.82, 2.24) is 9.78 Å². The Hall–Kier alpha value is -3.16. The average molecular weight is 403 g/mol. The number of methoxy groups -OCH3 is 1. The fourth-order valence-corrected chi connectivity index (χ4v) is 3.46. The molecule has 0 radical (unpaired) electrons. The van der Waals surface area contributed by atoms with Crippen LogP contribution in [0, 0.1) is 0 Å². The fraction of sp³-hybridized carbons (Fsp3) is 0.286. The van der Waals surface area contributed by atoms with E-state index in [0.717, 1.165) is 54.2 Å². The van der Waals surface area contributed by atoms with Crippen LogP contribution in [0.25, 0.3) is 16.9 Å². The third-order valence-electron chi connectivity index (χ3n) is 4.81. The molecule has 2 aromatic carbocycles. The third kappa shape index (κ3) is 4.16. The maximum absolute atomic E-state index is 12.4. The first-order valence-electron chi connectivity index (χ1n) is 9.31. The molecule has 0 saturated heterocycles. The van der Waals surface area contributed by atoms with Crippen molar-refractivity contribution in [1.29, 1.82) is 0 Å². The highest BCUT2D eigenvalue weighted by Crippen LogP contribution is 2.35. The van der Waals surface area contributed by atoms with Crippen LogP contribution in [0.1, 0.15) is 18.4 Å². The highest BCUT2D eigenvalue weighted by Gasteiger charge is 2.31. The lowest BCUT2D eigenvalue weighted by Crippen LogP contribution is -2.17. The standard InChI is InChI=1S/C21H20F3N3O2/c1-28-16-9-5-14(6-10-16)19-18-4-2-3-13-25-20(18)27(26-19)15-7-11-17(12-8-15)29-21(22,23)24/h5-12,25H,2-4,13H2,1H3. The lowest BCUT2D eigenvalue weighted by molar-refractivity contribution is -0.274. The van der Waals surface area contributed by atoms with Crippen LogP contribution in [0.5, 0.6) is 11.5 Å². The Kier molecular flexibility index (Phi) is 5.08. The SMILES string of the molecule is COc1ccc(-c2nn(-c3ccc(OC(F)(F)F)cc3)c3c2CCCCN3)cc1. The van der Waals surface area contributed by atoms with Crippen LogP contribution in [0.15, 0.2) is 48.5 Å². The van der Waals surface area contributed by atoms with Crippen molar-refractivity contribution < 1.29 is 22.6 Å². The van der Waals surface area contributed by atoms with Gasteiger partial charge < -0.3 is 14.8 Å². The average Bonchev–Trinajstić information content (AvgIpc) is 2.89. The molecule has 0 atom stereocenters. The van der Waals surface area contributed by atoms with E-state index in [1.54, 1.807) is 23.9 Å². The molecule has 0 amide bonds. The lowest BCUT2D eigenvalue weighted by atomic mass is 10.0. The highest BCUT2D eigenvalue weighted by molar-refractivity contribution is 5.71. The zero-order chi connectivity index (χ0) is 20.4. The number of nitrogens with zero attached hydrogens (tertiary/aromatic N) is 2. The van der Waals surface area contributed by atoms with Crippen molar-refractivity contribution in [3.8, 4) is 28.4 Å². The van der Waals surface area contributed by atoms with Gasteiger partial charge in [0.2, 0.25) is 0 Å². The summed E-state index contributed by atoms with van der Waals surface area (Å²) in [6.45, 7) is 0.815. The van der Waals surface area contributed by atoms with Crippen LogP contribution < -0.4 is 14.8 Å². The number of hydrogen-bond acceptors (Lipinski definition) is 4. The molecule has 3 aromatic rings. The van der Waals surface area contributed by atoms with Gasteiger partial charge in [-0.1, -0.05) is 0 Å². The van der Waals surface area contributed by atoms with Gasteiger partial charge in [0, 0.05) is 17.7 Å². The van der Waals surface area contributed by atoms with Crippen molar-refractivity contribution in [3.63, 3.8) is 0 Å². The summed E-state index contributed by atoms with van der Waals surface area (Å²) in [4.78, 5) is 0. The van der Waals surface area contributed by atoms with E-state index < -0.39 is 6.36 Å². The Morgan fingerprint density at radius 1 is 0.966 bits per heavy atom. The monoisotopic (exact) mass is 403 g/mol. The van der Waals surface area contributed by atoms with Gasteiger partial charge in [-0.15, -0.1) is 13.2 Å². The molecule has 0 unspecified atom stereocenters. The van der Waals surface area contributed by atoms with Crippen molar-refractivity contribution in [2.24, 2.45) is 0 Å². The molecule has 5 nitrogen and oxygen atoms in total. The molecule has 0 spiro atoms. The molecule has 8 heteroatoms. The van der Waals surface area contributed by atoms with E-state index in [2.05, 4.69) is 10.1 Å². The number of halogens is 3. The van der Waals surface area contributed by atoms with E-state index in [4.69, 9.17) is 9.84 Å². The van der Waals surface area contributed by atoms with Crippen LogP contribution in [-0.2, 0) is 6.42 Å². The van der Waals surface area contributed by atoms with Gasteiger partial charge in [0.1, 0.15) is 17.3 Å². The first-order chi connectivity index (χ1) is 13.9. The van der Waals surface area contributed by atoms with Crippen molar-refractivity contribution in [2.45, 2.75) is 25.6 Å². The van der Waals surface area contributed by atoms with E-state index >= 15 is 0 Å². The number of rotatable bonds is 4. The molecule has 0 fully saturated rings. The number of alkyl halides is 3. The Labute approximate surface area is 166 Å². The van der Waals surface area contributed by atoms with Crippen LogP contribution >= 0.6 is 0 Å². The van der Waals surface area contributed by atoms with Gasteiger partial charge >= 0.3 is 6.36 Å². The predicted octanol–water partition coefficient (Wildman–Crippen LogP) is 5.19. The zero-order valence-corrected chi connectivity index (χ0v) is 15.8. The van der Waals surface area contributed by atoms with Gasteiger partial charge in [-0.25, -0.2) is 4.68 Å². The fourth-order valence-electron chi connectivity index (χ4n) is 3.46. The number of hydrogen-bond donors (Lipinski definition) is 1. The summed E-state index contributed by atoms with van der Waals surface area (Å²) in [5.41, 5.74) is 3.57. The van der Waals surface area contributed by atoms with Gasteiger partial charge in [-0.2, -0.15) is 5.10 Å². The first-order valence-corrected chi connectivity index (χ1v) is 9.31. The number of anilines is 1. The highest BCUT2D eigenvalue weighted by atomic mass is 19.4. The molecule has 1 aliphatic rings. The maximum atomic E-state index is 12.4. The Morgan fingerprint density at radius 2 is 1.66 bits per heavy atom. The van der Waals surface area contributed by atoms with Crippen LogP contribution in [0.2, 0.25) is 0 Å². The van der Waals surface area contributed by atoms with Crippen molar-refractivity contribution in [3.05, 3.63) is 54.1 Å². The van der Waals surface area contributed by atoms with E-state index in [9.17, 15) is 13.2 Å². The smallest absolute Gasteiger partial charge is 0.497 e. The van der Waals surface area contributed by atoms with Crippen LogP contribution in [0.4, 0.5) is 19.0 Å². The molecule has 4 rings (SSSR count). The van der Waals surface area contributed by atoms with Gasteiger partial charge in [0.15, 0.2) is 0 Å². The van der Waals surface area contributed by atoms with Gasteiger partial charge in [0.05, 0.1) is 18.5 Å². The normalized spacial score (nSPS) is 13.9. The summed E-state index contributed by atoms with van der Waals surface area (Å²) in [7, 11) is 1.62. The minimum atomic E-state index is -4.71. The molecular formula is C21H20F3N3O2. The molecule has 1 aliphatic heterocycles. The quantitative estimate of drug-likeness (QED) is 0.651. The maximum Gasteiger partial charge on any atom is 0.573 e. The number of ether oxygens (including phenoxy) is 2. The molecule has 1 N–H and O–H groups in total. The Morgan fingerprint density at radius 3 is 2.31 bits per heavy atom. The Balaban J connectivity index is 1.74. The second-order valence-electron chi connectivity index (χ2n) is 6.74. The van der Waals surface area contributed by atoms with Gasteiger partial charge in [0.25, 0.3) is 0 Å². The van der Waals surface area contributed by atoms with Crippen LogP contribution in [-0.4, -0.2) is 29.8 Å². The molecule has 152 valence electrons. The zero-order valence-electron chi connectivity index (χ0n) is 15.8. The number of fused-ring (bicyclic) bond motifs is 1. The van der Waals surface area contributed by atoms with E-state index in [1.807, 2.05) is 24.3 Å². The molecule has 2 heterocycles. The summed E-state index contributed by atoms with van der Waals surface area (Å²) >= 11 is 0. The molecule has 1 aromatic heterocycles. The second-order valence-corrected chi connectivity index (χ2v) is 6.74. The number of aromatic nitrogens is 2. The second kappa shape index (κ2) is 7.69. The molecule has 0 aliphatic carbocycles. The predicted molar refractivity (Wildman–Crippen MR) is 104 cm³/mol. The molecular weight excluding hydrogens is 383 g/mol. The summed E-state index contributed by atoms with van der Waals surface area (Å²) in [6.07, 6.45) is -1.77. The topological polar surface area (TPSA) is 48.3 Å². The van der Waals surface area contributed by atoms with Gasteiger partial charge in [-0.05, 0) is 67.8 Å². The van der Waals surface area contributed by atoms with Crippen LogP contribution in [0.3, 0.4) is 0 Å². The number of benzene rings is 2. The third-order valence-corrected chi connectivity index (χ3v) is 4.81.